The second-order valence-electron chi connectivity index (χ2n) is 7.81. The first kappa shape index (κ1) is 20.8. The molecule has 0 aromatic heterocycles. The average molecular weight is 392 g/mol. The van der Waals surface area contributed by atoms with Crippen molar-refractivity contribution >= 4 is 11.9 Å². The highest BCUT2D eigenvalue weighted by molar-refractivity contribution is 5.87. The first-order valence-corrected chi connectivity index (χ1v) is 9.38. The Kier molecular flexibility index (Phi) is 5.79. The second kappa shape index (κ2) is 7.81. The molecule has 1 fully saturated rings. The largest absolute Gasteiger partial charge is 0.458 e. The number of methoxy groups -OCH3 is 2. The van der Waals surface area contributed by atoms with Crippen LogP contribution in [0, 0.1) is 11.8 Å². The molecule has 3 heterocycles. The molecule has 6 atom stereocenters. The lowest BCUT2D eigenvalue weighted by Gasteiger charge is -2.32. The van der Waals surface area contributed by atoms with Gasteiger partial charge in [-0.05, 0) is 38.5 Å². The molecule has 7 heteroatoms. The molecule has 0 saturated carbocycles. The standard InChI is InChI=1S/C21H28O7/c1-11(2)19(22)26-15-7-12(3)8-21(25-6)9-13(4)17(28-21)18-16(15)14(10-24-5)20(23)27-18/h8-9,14-18H,1,7,10H2,2-6H3. The Hall–Kier alpha value is -1.96. The monoisotopic (exact) mass is 392 g/mol. The van der Waals surface area contributed by atoms with Gasteiger partial charge in [0.15, 0.2) is 0 Å². The quantitative estimate of drug-likeness (QED) is 0.403. The highest BCUT2D eigenvalue weighted by Crippen LogP contribution is 2.45. The van der Waals surface area contributed by atoms with Crippen LogP contribution < -0.4 is 0 Å². The molecule has 1 saturated heterocycles. The van der Waals surface area contributed by atoms with Gasteiger partial charge in [-0.25, -0.2) is 4.79 Å². The van der Waals surface area contributed by atoms with Crippen LogP contribution >= 0.6 is 0 Å². The van der Waals surface area contributed by atoms with E-state index in [0.29, 0.717) is 12.0 Å². The fraction of sp³-hybridized carbons (Fsp3) is 0.619. The molecule has 154 valence electrons. The molecular weight excluding hydrogens is 364 g/mol. The van der Waals surface area contributed by atoms with Gasteiger partial charge in [0, 0.05) is 26.2 Å². The zero-order valence-corrected chi connectivity index (χ0v) is 17.0. The van der Waals surface area contributed by atoms with E-state index in [-0.39, 0.29) is 12.6 Å². The maximum atomic E-state index is 12.6. The van der Waals surface area contributed by atoms with Crippen molar-refractivity contribution in [3.05, 3.63) is 35.5 Å². The van der Waals surface area contributed by atoms with Gasteiger partial charge in [0.1, 0.15) is 18.3 Å². The Balaban J connectivity index is 2.07. The van der Waals surface area contributed by atoms with Crippen LogP contribution in [0.2, 0.25) is 0 Å². The lowest BCUT2D eigenvalue weighted by Crippen LogP contribution is -2.44. The minimum absolute atomic E-state index is 0.175. The summed E-state index contributed by atoms with van der Waals surface area (Å²) in [7, 11) is 3.10. The van der Waals surface area contributed by atoms with Crippen molar-refractivity contribution in [3.63, 3.8) is 0 Å². The van der Waals surface area contributed by atoms with Crippen LogP contribution in [0.3, 0.4) is 0 Å². The summed E-state index contributed by atoms with van der Waals surface area (Å²) in [5.74, 6) is -2.87. The summed E-state index contributed by atoms with van der Waals surface area (Å²) < 4.78 is 28.7. The number of carbonyl (C=O) groups is 2. The highest BCUT2D eigenvalue weighted by Gasteiger charge is 2.56. The predicted molar refractivity (Wildman–Crippen MR) is 100 cm³/mol. The fourth-order valence-corrected chi connectivity index (χ4v) is 4.29. The fourth-order valence-electron chi connectivity index (χ4n) is 4.29. The van der Waals surface area contributed by atoms with Crippen LogP contribution in [0.25, 0.3) is 0 Å². The van der Waals surface area contributed by atoms with Gasteiger partial charge in [-0.1, -0.05) is 12.2 Å². The molecule has 0 N–H and O–H groups in total. The van der Waals surface area contributed by atoms with Crippen LogP contribution in [-0.4, -0.2) is 56.9 Å². The first-order valence-electron chi connectivity index (χ1n) is 9.38. The van der Waals surface area contributed by atoms with E-state index < -0.39 is 41.9 Å². The third-order valence-corrected chi connectivity index (χ3v) is 5.56. The molecule has 6 unspecified atom stereocenters. The third kappa shape index (κ3) is 3.66. The predicted octanol–water partition coefficient (Wildman–Crippen LogP) is 2.32. The van der Waals surface area contributed by atoms with Crippen LogP contribution in [0.4, 0.5) is 0 Å². The van der Waals surface area contributed by atoms with Crippen LogP contribution in [-0.2, 0) is 33.3 Å². The molecule has 0 aromatic carbocycles. The van der Waals surface area contributed by atoms with Gasteiger partial charge in [0.05, 0.1) is 18.4 Å². The second-order valence-corrected chi connectivity index (χ2v) is 7.81. The van der Waals surface area contributed by atoms with Crippen molar-refractivity contribution in [2.24, 2.45) is 11.8 Å². The number of rotatable bonds is 5. The molecule has 7 nitrogen and oxygen atoms in total. The van der Waals surface area contributed by atoms with Crippen LogP contribution in [0.1, 0.15) is 27.2 Å². The van der Waals surface area contributed by atoms with Gasteiger partial charge in [-0.15, -0.1) is 0 Å². The number of carbonyl (C=O) groups excluding carboxylic acids is 2. The summed E-state index contributed by atoms with van der Waals surface area (Å²) in [5.41, 5.74) is 2.12. The summed E-state index contributed by atoms with van der Waals surface area (Å²) in [5, 5.41) is 0. The first-order chi connectivity index (χ1) is 13.2. The number of hydrogen-bond donors (Lipinski definition) is 0. The molecule has 3 aliphatic rings. The van der Waals surface area contributed by atoms with Crippen molar-refractivity contribution in [1.29, 1.82) is 0 Å². The molecule has 3 aliphatic heterocycles. The van der Waals surface area contributed by atoms with Gasteiger partial charge < -0.3 is 23.7 Å². The van der Waals surface area contributed by atoms with E-state index in [9.17, 15) is 9.59 Å². The van der Waals surface area contributed by atoms with E-state index in [0.717, 1.165) is 11.1 Å². The van der Waals surface area contributed by atoms with Crippen molar-refractivity contribution in [2.45, 2.75) is 51.3 Å². The SMILES string of the molecule is C=C(C)C(=O)OC1CC(C)=CC2(OC)C=C(C)C(O2)C2OC(=O)C(COC)C12. The van der Waals surface area contributed by atoms with Gasteiger partial charge in [-0.3, -0.25) is 4.79 Å². The Morgan fingerprint density at radius 1 is 1.32 bits per heavy atom. The summed E-state index contributed by atoms with van der Waals surface area (Å²) in [6.45, 7) is 9.27. The zero-order chi connectivity index (χ0) is 20.6. The van der Waals surface area contributed by atoms with E-state index in [1.165, 1.54) is 7.11 Å². The van der Waals surface area contributed by atoms with Gasteiger partial charge in [0.2, 0.25) is 5.79 Å². The summed E-state index contributed by atoms with van der Waals surface area (Å²) in [4.78, 5) is 25.0. The van der Waals surface area contributed by atoms with E-state index in [2.05, 4.69) is 6.58 Å². The summed E-state index contributed by atoms with van der Waals surface area (Å²) in [6.07, 6.45) is 2.52. The lowest BCUT2D eigenvalue weighted by atomic mass is 9.80. The minimum atomic E-state index is -1.03. The van der Waals surface area contributed by atoms with Crippen LogP contribution in [0.5, 0.6) is 0 Å². The number of esters is 2. The average Bonchev–Trinajstić information content (AvgIpc) is 3.12. The Morgan fingerprint density at radius 3 is 2.64 bits per heavy atom. The number of ether oxygens (including phenoxy) is 5. The summed E-state index contributed by atoms with van der Waals surface area (Å²) in [6, 6.07) is 0. The molecule has 0 amide bonds. The summed E-state index contributed by atoms with van der Waals surface area (Å²) >= 11 is 0. The van der Waals surface area contributed by atoms with E-state index >= 15 is 0 Å². The van der Waals surface area contributed by atoms with Crippen molar-refractivity contribution in [3.8, 4) is 0 Å². The molecule has 2 bridgehead atoms. The normalized spacial score (nSPS) is 37.0. The topological polar surface area (TPSA) is 80.3 Å². The Labute approximate surface area is 165 Å². The molecule has 3 rings (SSSR count). The Morgan fingerprint density at radius 2 is 2.04 bits per heavy atom. The van der Waals surface area contributed by atoms with Gasteiger partial charge >= 0.3 is 11.9 Å². The van der Waals surface area contributed by atoms with Crippen LogP contribution in [0.15, 0.2) is 35.5 Å². The molecule has 0 radical (unpaired) electrons. The lowest BCUT2D eigenvalue weighted by molar-refractivity contribution is -0.189. The van der Waals surface area contributed by atoms with Gasteiger partial charge in [-0.2, -0.15) is 0 Å². The van der Waals surface area contributed by atoms with E-state index in [1.807, 2.05) is 26.0 Å². The number of fused-ring (bicyclic) bond motifs is 4. The van der Waals surface area contributed by atoms with Crippen molar-refractivity contribution in [2.75, 3.05) is 20.8 Å². The Bertz CT molecular complexity index is 737. The van der Waals surface area contributed by atoms with Crippen molar-refractivity contribution < 1.29 is 33.3 Å². The maximum Gasteiger partial charge on any atom is 0.333 e. The van der Waals surface area contributed by atoms with E-state index in [1.54, 1.807) is 14.0 Å². The van der Waals surface area contributed by atoms with Crippen molar-refractivity contribution in [1.82, 2.24) is 0 Å². The van der Waals surface area contributed by atoms with Gasteiger partial charge in [0.25, 0.3) is 0 Å². The minimum Gasteiger partial charge on any atom is -0.458 e. The smallest absolute Gasteiger partial charge is 0.333 e. The maximum absolute atomic E-state index is 12.6. The number of hydrogen-bond acceptors (Lipinski definition) is 7. The molecule has 0 aromatic rings. The van der Waals surface area contributed by atoms with E-state index in [4.69, 9.17) is 23.7 Å². The molecule has 0 aliphatic carbocycles. The molecular formula is C21H28O7. The molecule has 0 spiro atoms. The highest BCUT2D eigenvalue weighted by atomic mass is 16.7. The molecule has 28 heavy (non-hydrogen) atoms. The third-order valence-electron chi connectivity index (χ3n) is 5.56. The zero-order valence-electron chi connectivity index (χ0n) is 17.0.